The number of likely N-dealkylation sites (tertiary alicyclic amines) is 3. The number of benzene rings is 3. The summed E-state index contributed by atoms with van der Waals surface area (Å²) < 4.78 is 46.7. The molecule has 0 spiro atoms. The number of hydrogen-bond donors (Lipinski definition) is 3. The Labute approximate surface area is 467 Å². The van der Waals surface area contributed by atoms with Gasteiger partial charge in [0.15, 0.2) is 0 Å². The van der Waals surface area contributed by atoms with Crippen LogP contribution < -0.4 is 16.0 Å². The van der Waals surface area contributed by atoms with Gasteiger partial charge in [-0.05, 0) is 76.0 Å². The van der Waals surface area contributed by atoms with E-state index in [9.17, 15) is 43.2 Å². The number of amides is 6. The van der Waals surface area contributed by atoms with Gasteiger partial charge in [-0.15, -0.1) is 0 Å². The van der Waals surface area contributed by atoms with Crippen LogP contribution in [0.3, 0.4) is 0 Å². The maximum absolute atomic E-state index is 12.6. The van der Waals surface area contributed by atoms with Crippen molar-refractivity contribution in [3.63, 3.8) is 0 Å². The van der Waals surface area contributed by atoms with Crippen molar-refractivity contribution in [3.05, 3.63) is 143 Å². The molecule has 432 valence electrons. The first-order valence-electron chi connectivity index (χ1n) is 26.7. The van der Waals surface area contributed by atoms with E-state index >= 15 is 0 Å². The van der Waals surface area contributed by atoms with Crippen LogP contribution in [0.15, 0.2) is 126 Å². The molecule has 9 rings (SSSR count). The fraction of sp³-hybridized carbons (Fsp3) is 0.421. The summed E-state index contributed by atoms with van der Waals surface area (Å²) in [4.78, 5) is 114. The number of rotatable bonds is 18. The molecule has 6 aliphatic heterocycles. The summed E-state index contributed by atoms with van der Waals surface area (Å²) in [6, 6.07) is 26.0. The van der Waals surface area contributed by atoms with Crippen LogP contribution >= 0.6 is 0 Å². The molecular weight excluding hydrogens is 1060 g/mol. The average Bonchev–Trinajstić information content (AvgIpc) is 4.44. The van der Waals surface area contributed by atoms with Crippen molar-refractivity contribution < 1.29 is 85.8 Å². The zero-order valence-corrected chi connectivity index (χ0v) is 45.2. The number of carbonyl (C=O) groups is 9. The van der Waals surface area contributed by atoms with Gasteiger partial charge in [0.25, 0.3) is 0 Å². The van der Waals surface area contributed by atoms with E-state index in [1.165, 1.54) is 32.9 Å². The summed E-state index contributed by atoms with van der Waals surface area (Å²) in [7, 11) is 0. The van der Waals surface area contributed by atoms with Gasteiger partial charge in [0.2, 0.25) is 36.6 Å². The van der Waals surface area contributed by atoms with Crippen molar-refractivity contribution in [1.82, 2.24) is 30.7 Å². The Morgan fingerprint density at radius 3 is 0.938 bits per heavy atom. The molecule has 0 aromatic heterocycles. The number of nitrogens with one attached hydrogen (secondary N) is 3. The summed E-state index contributed by atoms with van der Waals surface area (Å²) in [5.41, 5.74) is 3.36. The molecule has 24 heteroatoms. The van der Waals surface area contributed by atoms with E-state index in [0.717, 1.165) is 16.7 Å². The Balaban J connectivity index is 0.000000175. The van der Waals surface area contributed by atoms with Crippen molar-refractivity contribution >= 4 is 53.9 Å². The maximum atomic E-state index is 12.6. The van der Waals surface area contributed by atoms with Gasteiger partial charge in [0.1, 0.15) is 37.9 Å². The highest BCUT2D eigenvalue weighted by molar-refractivity contribution is 5.93. The lowest BCUT2D eigenvalue weighted by molar-refractivity contribution is -0.160. The molecule has 0 unspecified atom stereocenters. The second-order valence-corrected chi connectivity index (χ2v) is 18.6. The third kappa shape index (κ3) is 17.2. The molecule has 6 atom stereocenters. The predicted octanol–water partition coefficient (Wildman–Crippen LogP) is 5.12. The van der Waals surface area contributed by atoms with Crippen LogP contribution in [-0.2, 0) is 91.2 Å². The lowest BCUT2D eigenvalue weighted by Crippen LogP contribution is -2.46. The highest BCUT2D eigenvalue weighted by Crippen LogP contribution is 2.25. The lowest BCUT2D eigenvalue weighted by atomic mass is 10.2. The van der Waals surface area contributed by atoms with Gasteiger partial charge >= 0.3 is 36.2 Å². The topological polar surface area (TPSA) is 283 Å². The van der Waals surface area contributed by atoms with E-state index in [0.29, 0.717) is 78.0 Å². The van der Waals surface area contributed by atoms with Crippen molar-refractivity contribution in [1.29, 1.82) is 0 Å². The van der Waals surface area contributed by atoms with Gasteiger partial charge in [0, 0.05) is 57.7 Å². The molecule has 6 aliphatic rings. The van der Waals surface area contributed by atoms with Gasteiger partial charge in [-0.25, -0.2) is 28.8 Å². The molecule has 3 N–H and O–H groups in total. The van der Waals surface area contributed by atoms with Crippen LogP contribution in [-0.4, -0.2) is 145 Å². The van der Waals surface area contributed by atoms with Crippen LogP contribution in [0.2, 0.25) is 0 Å². The normalized spacial score (nSPS) is 21.6. The number of cyclic esters (lactones) is 3. The highest BCUT2D eigenvalue weighted by atomic mass is 16.7. The van der Waals surface area contributed by atoms with E-state index in [1.807, 2.05) is 91.0 Å². The SMILES string of the molecule is CCO[C@@H]1OC(=O)C=C1NC(=O)[C@@H]1CCCN1C(=O)OCc1ccccc1.CCO[C@@H]1OC(=O)C=C1NC(=O)[C@@H]1CCCN1C(=O)OCc1ccccc1.CCO[C@H]1OC(=O)C=C1NC(=O)[C@@H]1CCCN1C(=O)OCc1ccccc1. The Hall–Kier alpha value is -8.61. The first-order chi connectivity index (χ1) is 39.2. The third-order valence-electron chi connectivity index (χ3n) is 13.0. The van der Waals surface area contributed by atoms with E-state index in [2.05, 4.69) is 16.0 Å². The molecule has 81 heavy (non-hydrogen) atoms. The number of nitrogens with zero attached hydrogens (tertiary/aromatic N) is 3. The van der Waals surface area contributed by atoms with E-state index in [-0.39, 0.29) is 36.9 Å². The highest BCUT2D eigenvalue weighted by Gasteiger charge is 2.41. The minimum atomic E-state index is -0.925. The Morgan fingerprint density at radius 2 is 0.691 bits per heavy atom. The Morgan fingerprint density at radius 1 is 0.432 bits per heavy atom. The van der Waals surface area contributed by atoms with Gasteiger partial charge < -0.3 is 58.6 Å². The molecule has 3 aromatic rings. The van der Waals surface area contributed by atoms with Crippen LogP contribution in [0.1, 0.15) is 76.0 Å². The van der Waals surface area contributed by atoms with Crippen molar-refractivity contribution in [2.75, 3.05) is 39.5 Å². The molecule has 0 bridgehead atoms. The van der Waals surface area contributed by atoms with Gasteiger partial charge in [-0.3, -0.25) is 29.1 Å². The second-order valence-electron chi connectivity index (χ2n) is 18.6. The fourth-order valence-electron chi connectivity index (χ4n) is 9.16. The number of ether oxygens (including phenoxy) is 9. The minimum Gasteiger partial charge on any atom is -0.445 e. The van der Waals surface area contributed by atoms with Crippen LogP contribution in [0, 0.1) is 0 Å². The first kappa shape index (κ1) is 60.0. The second kappa shape index (κ2) is 30.1. The molecular formula is C57H66N6O18. The fourth-order valence-corrected chi connectivity index (χ4v) is 9.16. The zero-order valence-electron chi connectivity index (χ0n) is 45.2. The van der Waals surface area contributed by atoms with Crippen molar-refractivity contribution in [3.8, 4) is 0 Å². The van der Waals surface area contributed by atoms with Gasteiger partial charge in [0.05, 0.1) is 17.1 Å². The summed E-state index contributed by atoms with van der Waals surface area (Å²) in [5.74, 6) is -2.90. The van der Waals surface area contributed by atoms with Crippen molar-refractivity contribution in [2.45, 2.75) is 116 Å². The molecule has 6 heterocycles. The number of carbonyl (C=O) groups excluding carboxylic acids is 9. The molecule has 3 saturated heterocycles. The Kier molecular flexibility index (Phi) is 22.3. The summed E-state index contributed by atoms with van der Waals surface area (Å²) in [5, 5.41) is 7.94. The van der Waals surface area contributed by atoms with E-state index in [4.69, 9.17) is 42.6 Å². The summed E-state index contributed by atoms with van der Waals surface area (Å²) in [6.07, 6.45) is 2.83. The first-order valence-corrected chi connectivity index (χ1v) is 26.7. The van der Waals surface area contributed by atoms with Crippen LogP contribution in [0.4, 0.5) is 14.4 Å². The zero-order chi connectivity index (χ0) is 57.7. The van der Waals surface area contributed by atoms with Gasteiger partial charge in [-0.1, -0.05) is 91.0 Å². The monoisotopic (exact) mass is 1120 g/mol. The molecule has 0 aliphatic carbocycles. The molecule has 3 aromatic carbocycles. The summed E-state index contributed by atoms with van der Waals surface area (Å²) >= 11 is 0. The van der Waals surface area contributed by atoms with Crippen LogP contribution in [0.25, 0.3) is 0 Å². The molecule has 6 amide bonds. The van der Waals surface area contributed by atoms with Gasteiger partial charge in [-0.2, -0.15) is 0 Å². The van der Waals surface area contributed by atoms with E-state index < -0.39 is 90.9 Å². The average molecular weight is 1120 g/mol. The number of esters is 3. The molecule has 24 nitrogen and oxygen atoms in total. The quantitative estimate of drug-likeness (QED) is 0.110. The lowest BCUT2D eigenvalue weighted by Gasteiger charge is -2.24. The van der Waals surface area contributed by atoms with E-state index in [1.54, 1.807) is 20.8 Å². The molecule has 0 radical (unpaired) electrons. The molecule has 3 fully saturated rings. The van der Waals surface area contributed by atoms with Crippen LogP contribution in [0.5, 0.6) is 0 Å². The number of hydrogen-bond acceptors (Lipinski definition) is 18. The summed E-state index contributed by atoms with van der Waals surface area (Å²) in [6.45, 7) is 8.00. The predicted molar refractivity (Wildman–Crippen MR) is 282 cm³/mol. The molecule has 0 saturated carbocycles. The Bertz CT molecular complexity index is 2500. The standard InChI is InChI=1S/3C19H22N2O6/c3*1-2-25-18-14(11-16(22)27-18)20-17(23)15-9-6-10-21(15)19(24)26-12-13-7-4-3-5-8-13/h3*3-5,7-8,11,15,18H,2,6,9-10,12H2,1H3,(H,20,23)/t2*15-,18+;15-,18-/m000/s1. The maximum Gasteiger partial charge on any atom is 0.410 e. The third-order valence-corrected chi connectivity index (χ3v) is 13.0. The van der Waals surface area contributed by atoms with Crippen molar-refractivity contribution in [2.24, 2.45) is 0 Å². The largest absolute Gasteiger partial charge is 0.445 e. The minimum absolute atomic E-state index is 0.143. The smallest absolute Gasteiger partial charge is 0.410 e.